The Morgan fingerprint density at radius 1 is 1.26 bits per heavy atom. The molecular formula is C29H44N2O7. The highest BCUT2D eigenvalue weighted by Gasteiger charge is 2.53. The second kappa shape index (κ2) is 12.2. The number of carbonyl (C=O) groups is 2. The largest absolute Gasteiger partial charge is 0.449 e. The quantitative estimate of drug-likeness (QED) is 0.396. The van der Waals surface area contributed by atoms with Crippen LogP contribution in [0.15, 0.2) is 28.4 Å². The molecule has 9 heteroatoms. The number of rotatable bonds is 4. The van der Waals surface area contributed by atoms with Crippen molar-refractivity contribution < 1.29 is 33.7 Å². The maximum Gasteiger partial charge on any atom is 0.223 e. The third-order valence-corrected chi connectivity index (χ3v) is 8.06. The lowest BCUT2D eigenvalue weighted by atomic mass is 9.72. The average molecular weight is 533 g/mol. The number of ketones is 1. The normalized spacial score (nSPS) is 35.7. The zero-order valence-corrected chi connectivity index (χ0v) is 23.7. The van der Waals surface area contributed by atoms with Gasteiger partial charge in [-0.3, -0.25) is 9.59 Å². The number of fused-ring (bicyclic) bond motifs is 1. The molecule has 1 aromatic heterocycles. The van der Waals surface area contributed by atoms with Crippen LogP contribution in [0, 0.1) is 18.3 Å². The Hall–Kier alpha value is -2.33. The number of hydrogen-bond donors (Lipinski definition) is 3. The molecule has 0 unspecified atom stereocenters. The Kier molecular flexibility index (Phi) is 9.73. The molecule has 2 aliphatic heterocycles. The molecule has 3 rings (SSSR count). The van der Waals surface area contributed by atoms with E-state index >= 15 is 0 Å². The topological polar surface area (TPSA) is 134 Å². The number of epoxide rings is 1. The van der Waals surface area contributed by atoms with Crippen molar-refractivity contribution in [2.45, 2.75) is 110 Å². The zero-order valence-electron chi connectivity index (χ0n) is 23.7. The van der Waals surface area contributed by atoms with Crippen LogP contribution in [0.5, 0.6) is 0 Å². The van der Waals surface area contributed by atoms with E-state index in [2.05, 4.69) is 10.3 Å². The Morgan fingerprint density at radius 2 is 1.97 bits per heavy atom. The van der Waals surface area contributed by atoms with Crippen LogP contribution in [0.25, 0.3) is 6.08 Å². The summed E-state index contributed by atoms with van der Waals surface area (Å²) in [5, 5.41) is 25.2. The Morgan fingerprint density at radius 3 is 2.61 bits per heavy atom. The van der Waals surface area contributed by atoms with E-state index in [1.807, 2.05) is 39.0 Å². The van der Waals surface area contributed by atoms with Gasteiger partial charge in [0.25, 0.3) is 0 Å². The molecule has 3 heterocycles. The summed E-state index contributed by atoms with van der Waals surface area (Å²) >= 11 is 0. The SMILES string of the molecule is CC=CC[C@H]1C(=O)C(C)(C)[C@@H](O)CC(=O)N[C@H](C(C)=Cc2coc(C)n2)C[C@@H]2O[C@]2(C)CCO[C@H](C)[C@H]1O. The molecule has 212 valence electrons. The number of carbonyl (C=O) groups excluding carboxylic acids is 2. The van der Waals surface area contributed by atoms with Crippen LogP contribution in [0.4, 0.5) is 0 Å². The van der Waals surface area contributed by atoms with E-state index < -0.39 is 35.2 Å². The lowest BCUT2D eigenvalue weighted by Crippen LogP contribution is -2.49. The van der Waals surface area contributed by atoms with Gasteiger partial charge in [0.2, 0.25) is 5.91 Å². The van der Waals surface area contributed by atoms with Crippen LogP contribution >= 0.6 is 0 Å². The van der Waals surface area contributed by atoms with Crippen molar-refractivity contribution >= 4 is 17.8 Å². The van der Waals surface area contributed by atoms with E-state index in [-0.39, 0.29) is 30.3 Å². The first-order valence-electron chi connectivity index (χ1n) is 13.5. The third-order valence-electron chi connectivity index (χ3n) is 8.06. The number of aromatic nitrogens is 1. The van der Waals surface area contributed by atoms with E-state index in [0.717, 1.165) is 5.57 Å². The highest BCUT2D eigenvalue weighted by atomic mass is 16.6. The predicted octanol–water partition coefficient (Wildman–Crippen LogP) is 3.52. The van der Waals surface area contributed by atoms with Crippen molar-refractivity contribution in [1.82, 2.24) is 10.3 Å². The fourth-order valence-electron chi connectivity index (χ4n) is 5.04. The minimum Gasteiger partial charge on any atom is -0.449 e. The molecule has 3 N–H and O–H groups in total. The first-order chi connectivity index (χ1) is 17.8. The summed E-state index contributed by atoms with van der Waals surface area (Å²) < 4.78 is 17.3. The molecule has 0 aromatic carbocycles. The minimum atomic E-state index is -1.27. The molecule has 38 heavy (non-hydrogen) atoms. The summed E-state index contributed by atoms with van der Waals surface area (Å²) in [4.78, 5) is 31.1. The number of aliphatic hydroxyl groups excluding tert-OH is 2. The third kappa shape index (κ3) is 7.20. The van der Waals surface area contributed by atoms with Gasteiger partial charge in [0.05, 0.1) is 53.8 Å². The van der Waals surface area contributed by atoms with E-state index in [0.29, 0.717) is 37.5 Å². The van der Waals surface area contributed by atoms with Crippen LogP contribution in [-0.4, -0.2) is 69.6 Å². The van der Waals surface area contributed by atoms with Crippen LogP contribution in [0.2, 0.25) is 0 Å². The number of hydrogen-bond acceptors (Lipinski definition) is 8. The Bertz CT molecular complexity index is 1050. The standard InChI is InChI=1S/C29H44N2O7/c1-8-9-10-21-26(34)18(3)36-12-11-29(7)24(38-29)14-22(17(2)13-20-16-37-19(4)30-20)31-25(33)15-23(32)28(5,6)27(21)35/h8-9,13,16,18,21-24,26,32,34H,10-12,14-15H2,1-7H3,(H,31,33)/t18-,21-,22+,23+,24+,26-,29-/m1/s1. The lowest BCUT2D eigenvalue weighted by molar-refractivity contribution is -0.147. The molecule has 0 bridgehead atoms. The first-order valence-corrected chi connectivity index (χ1v) is 13.5. The number of nitrogens with zero attached hydrogens (tertiary/aromatic N) is 1. The van der Waals surface area contributed by atoms with Crippen LogP contribution in [0.3, 0.4) is 0 Å². The first kappa shape index (κ1) is 30.2. The Labute approximate surface area is 225 Å². The molecule has 0 radical (unpaired) electrons. The van der Waals surface area contributed by atoms with Crippen LogP contribution < -0.4 is 5.32 Å². The number of aliphatic hydroxyl groups is 2. The van der Waals surface area contributed by atoms with Crippen LogP contribution in [0.1, 0.15) is 78.8 Å². The summed E-state index contributed by atoms with van der Waals surface area (Å²) in [6.07, 6.45) is 5.26. The van der Waals surface area contributed by atoms with E-state index in [1.165, 1.54) is 0 Å². The maximum atomic E-state index is 13.6. The number of allylic oxidation sites excluding steroid dienone is 2. The second-order valence-electron chi connectivity index (χ2n) is 11.5. The highest BCUT2D eigenvalue weighted by molar-refractivity contribution is 5.88. The predicted molar refractivity (Wildman–Crippen MR) is 143 cm³/mol. The van der Waals surface area contributed by atoms with E-state index in [9.17, 15) is 19.8 Å². The molecule has 0 saturated carbocycles. The van der Waals surface area contributed by atoms with Crippen molar-refractivity contribution in [3.05, 3.63) is 35.6 Å². The maximum absolute atomic E-state index is 13.6. The molecule has 0 spiro atoms. The lowest BCUT2D eigenvalue weighted by Gasteiger charge is -2.35. The molecule has 2 saturated heterocycles. The molecule has 2 aliphatic rings. The van der Waals surface area contributed by atoms with Gasteiger partial charge in [-0.05, 0) is 45.8 Å². The number of aryl methyl sites for hydroxylation is 1. The van der Waals surface area contributed by atoms with Gasteiger partial charge < -0.3 is 29.4 Å². The van der Waals surface area contributed by atoms with Crippen molar-refractivity contribution in [2.75, 3.05) is 6.61 Å². The van der Waals surface area contributed by atoms with E-state index in [4.69, 9.17) is 13.9 Å². The fourth-order valence-corrected chi connectivity index (χ4v) is 5.04. The smallest absolute Gasteiger partial charge is 0.223 e. The number of ether oxygens (including phenoxy) is 2. The highest BCUT2D eigenvalue weighted by Crippen LogP contribution is 2.43. The van der Waals surface area contributed by atoms with Gasteiger partial charge in [-0.25, -0.2) is 4.98 Å². The minimum absolute atomic E-state index is 0.0997. The summed E-state index contributed by atoms with van der Waals surface area (Å²) in [6, 6.07) is -0.366. The zero-order chi connectivity index (χ0) is 28.3. The van der Waals surface area contributed by atoms with Crippen molar-refractivity contribution in [1.29, 1.82) is 0 Å². The number of nitrogens with one attached hydrogen (secondary N) is 1. The fraction of sp³-hybridized carbons (Fsp3) is 0.690. The van der Waals surface area contributed by atoms with Gasteiger partial charge in [0.15, 0.2) is 5.89 Å². The average Bonchev–Trinajstić information content (AvgIpc) is 3.29. The molecule has 1 amide bonds. The van der Waals surface area contributed by atoms with Gasteiger partial charge in [0, 0.05) is 26.4 Å². The summed E-state index contributed by atoms with van der Waals surface area (Å²) in [5.41, 5.74) is -0.162. The van der Waals surface area contributed by atoms with Gasteiger partial charge in [-0.2, -0.15) is 0 Å². The number of oxazole rings is 1. The van der Waals surface area contributed by atoms with Gasteiger partial charge in [-0.1, -0.05) is 26.0 Å². The summed E-state index contributed by atoms with van der Waals surface area (Å²) in [7, 11) is 0. The molecule has 1 aromatic rings. The van der Waals surface area contributed by atoms with Gasteiger partial charge >= 0.3 is 0 Å². The van der Waals surface area contributed by atoms with Gasteiger partial charge in [-0.15, -0.1) is 0 Å². The van der Waals surface area contributed by atoms with Crippen LogP contribution in [-0.2, 0) is 19.1 Å². The molecule has 9 nitrogen and oxygen atoms in total. The second-order valence-corrected chi connectivity index (χ2v) is 11.5. The number of Topliss-reactive ketones (excluding diaryl/α,β-unsaturated/α-hetero) is 1. The van der Waals surface area contributed by atoms with Gasteiger partial charge in [0.1, 0.15) is 17.7 Å². The summed E-state index contributed by atoms with van der Waals surface area (Å²) in [6.45, 7) is 12.9. The Balaban J connectivity index is 1.89. The van der Waals surface area contributed by atoms with E-state index in [1.54, 1.807) is 34.0 Å². The number of amides is 1. The molecule has 0 aliphatic carbocycles. The van der Waals surface area contributed by atoms with Crippen molar-refractivity contribution in [3.63, 3.8) is 0 Å². The van der Waals surface area contributed by atoms with Crippen molar-refractivity contribution in [3.8, 4) is 0 Å². The molecule has 2 fully saturated rings. The summed E-state index contributed by atoms with van der Waals surface area (Å²) in [5.74, 6) is -0.917. The molecule has 7 atom stereocenters. The monoisotopic (exact) mass is 532 g/mol. The van der Waals surface area contributed by atoms with Crippen molar-refractivity contribution in [2.24, 2.45) is 11.3 Å². The molecular weight excluding hydrogens is 488 g/mol.